The Morgan fingerprint density at radius 3 is 2.09 bits per heavy atom. The monoisotopic (exact) mass is 452 g/mol. The van der Waals surface area contributed by atoms with Crippen molar-refractivity contribution in [3.63, 3.8) is 0 Å². The van der Waals surface area contributed by atoms with E-state index in [-0.39, 0.29) is 22.5 Å². The fourth-order valence-electron chi connectivity index (χ4n) is 4.21. The predicted octanol–water partition coefficient (Wildman–Crippen LogP) is 2.09. The number of para-hydroxylation sites is 3. The fourth-order valence-corrected chi connectivity index (χ4v) is 4.21. The van der Waals surface area contributed by atoms with Gasteiger partial charge in [0.1, 0.15) is 5.69 Å². The van der Waals surface area contributed by atoms with Crippen LogP contribution in [0.15, 0.2) is 54.6 Å². The third kappa shape index (κ3) is 5.58. The van der Waals surface area contributed by atoms with Gasteiger partial charge in [-0.15, -0.1) is 0 Å². The number of carbonyl (C=O) groups excluding carboxylic acids is 2. The lowest BCUT2D eigenvalue weighted by atomic mass is 10.2. The van der Waals surface area contributed by atoms with Crippen LogP contribution in [0.25, 0.3) is 0 Å². The lowest BCUT2D eigenvalue weighted by Crippen LogP contribution is -2.55. The minimum atomic E-state index is -0.356. The first-order valence-electron chi connectivity index (χ1n) is 11.1. The number of nitro benzene ring substituents is 1. The highest BCUT2D eigenvalue weighted by atomic mass is 16.6. The average molecular weight is 453 g/mol. The van der Waals surface area contributed by atoms with Crippen LogP contribution >= 0.6 is 0 Å². The fraction of sp³-hybridized carbons (Fsp3) is 0.391. The molecule has 3 amide bonds. The number of nitro groups is 1. The van der Waals surface area contributed by atoms with Crippen molar-refractivity contribution in [2.45, 2.75) is 0 Å². The standard InChI is InChI=1S/C23H28N6O4/c30-22(27-14-16-28(17-15-27)23(31)24-19-6-2-1-3-7-19)18-25-10-12-26(13-11-25)20-8-4-5-9-21(20)29(32)33/h1-9H,10-18H2,(H,24,31). The normalized spacial score (nSPS) is 17.0. The topological polar surface area (TPSA) is 102 Å². The molecule has 2 fully saturated rings. The van der Waals surface area contributed by atoms with Crippen LogP contribution in [-0.4, -0.2) is 90.5 Å². The summed E-state index contributed by atoms with van der Waals surface area (Å²) in [4.78, 5) is 43.8. The Morgan fingerprint density at radius 2 is 1.42 bits per heavy atom. The molecule has 10 heteroatoms. The van der Waals surface area contributed by atoms with Crippen LogP contribution in [0.3, 0.4) is 0 Å². The molecule has 2 heterocycles. The second-order valence-corrected chi connectivity index (χ2v) is 8.17. The van der Waals surface area contributed by atoms with Crippen LogP contribution in [0.2, 0.25) is 0 Å². The molecule has 0 atom stereocenters. The molecule has 2 saturated heterocycles. The van der Waals surface area contributed by atoms with Gasteiger partial charge in [0.25, 0.3) is 5.69 Å². The Bertz CT molecular complexity index is 985. The molecule has 174 valence electrons. The van der Waals surface area contributed by atoms with Crippen molar-refractivity contribution in [2.75, 3.05) is 69.1 Å². The zero-order chi connectivity index (χ0) is 23.2. The first-order chi connectivity index (χ1) is 16.0. The zero-order valence-corrected chi connectivity index (χ0v) is 18.4. The summed E-state index contributed by atoms with van der Waals surface area (Å²) in [7, 11) is 0. The number of rotatable bonds is 5. The number of nitrogens with one attached hydrogen (secondary N) is 1. The molecule has 2 aliphatic rings. The van der Waals surface area contributed by atoms with Crippen LogP contribution in [0.1, 0.15) is 0 Å². The summed E-state index contributed by atoms with van der Waals surface area (Å²) in [5.41, 5.74) is 1.48. The molecule has 0 aliphatic carbocycles. The second kappa shape index (κ2) is 10.3. The molecule has 2 aliphatic heterocycles. The van der Waals surface area contributed by atoms with E-state index < -0.39 is 0 Å². The number of nitrogens with zero attached hydrogens (tertiary/aromatic N) is 5. The van der Waals surface area contributed by atoms with Crippen molar-refractivity contribution in [3.05, 3.63) is 64.7 Å². The van der Waals surface area contributed by atoms with Gasteiger partial charge in [-0.05, 0) is 18.2 Å². The van der Waals surface area contributed by atoms with Crippen molar-refractivity contribution >= 4 is 29.0 Å². The largest absolute Gasteiger partial charge is 0.363 e. The first kappa shape index (κ1) is 22.5. The third-order valence-electron chi connectivity index (χ3n) is 6.09. The van der Waals surface area contributed by atoms with E-state index in [0.29, 0.717) is 64.6 Å². The number of amides is 3. The van der Waals surface area contributed by atoms with E-state index in [4.69, 9.17) is 0 Å². The van der Waals surface area contributed by atoms with E-state index in [0.717, 1.165) is 5.69 Å². The van der Waals surface area contributed by atoms with Gasteiger partial charge in [0.05, 0.1) is 11.5 Å². The van der Waals surface area contributed by atoms with Crippen molar-refractivity contribution in [2.24, 2.45) is 0 Å². The van der Waals surface area contributed by atoms with Gasteiger partial charge in [-0.2, -0.15) is 0 Å². The summed E-state index contributed by atoms with van der Waals surface area (Å²) < 4.78 is 0. The number of anilines is 2. The van der Waals surface area contributed by atoms with Crippen LogP contribution in [-0.2, 0) is 4.79 Å². The van der Waals surface area contributed by atoms with Crippen LogP contribution in [0.5, 0.6) is 0 Å². The molecule has 0 spiro atoms. The summed E-state index contributed by atoms with van der Waals surface area (Å²) in [6.45, 7) is 4.92. The molecule has 1 N–H and O–H groups in total. The zero-order valence-electron chi connectivity index (χ0n) is 18.4. The number of hydrogen-bond acceptors (Lipinski definition) is 6. The summed E-state index contributed by atoms with van der Waals surface area (Å²) in [6.07, 6.45) is 0. The molecule has 0 radical (unpaired) electrons. The summed E-state index contributed by atoms with van der Waals surface area (Å²) in [5, 5.41) is 14.2. The molecular formula is C23H28N6O4. The molecular weight excluding hydrogens is 424 g/mol. The Kier molecular flexibility index (Phi) is 7.04. The number of hydrogen-bond donors (Lipinski definition) is 1. The summed E-state index contributed by atoms with van der Waals surface area (Å²) in [5.74, 6) is 0.0530. The molecule has 0 aromatic heterocycles. The van der Waals surface area contributed by atoms with E-state index in [1.54, 1.807) is 28.0 Å². The van der Waals surface area contributed by atoms with Crippen molar-refractivity contribution in [1.29, 1.82) is 0 Å². The molecule has 4 rings (SSSR count). The number of benzene rings is 2. The molecule has 2 aromatic rings. The van der Waals surface area contributed by atoms with Crippen LogP contribution < -0.4 is 10.2 Å². The number of carbonyl (C=O) groups is 2. The minimum absolute atomic E-state index is 0.0530. The SMILES string of the molecule is O=C(CN1CCN(c2ccccc2[N+](=O)[O-])CC1)N1CCN(C(=O)Nc2ccccc2)CC1. The average Bonchev–Trinajstić information content (AvgIpc) is 2.85. The van der Waals surface area contributed by atoms with Gasteiger partial charge in [-0.3, -0.25) is 19.8 Å². The molecule has 0 unspecified atom stereocenters. The van der Waals surface area contributed by atoms with Gasteiger partial charge < -0.3 is 20.0 Å². The van der Waals surface area contributed by atoms with Gasteiger partial charge >= 0.3 is 6.03 Å². The maximum atomic E-state index is 12.8. The quantitative estimate of drug-likeness (QED) is 0.551. The summed E-state index contributed by atoms with van der Waals surface area (Å²) in [6, 6.07) is 15.9. The van der Waals surface area contributed by atoms with E-state index >= 15 is 0 Å². The minimum Gasteiger partial charge on any atom is -0.363 e. The molecule has 0 bridgehead atoms. The highest BCUT2D eigenvalue weighted by Crippen LogP contribution is 2.28. The second-order valence-electron chi connectivity index (χ2n) is 8.17. The molecule has 10 nitrogen and oxygen atoms in total. The lowest BCUT2D eigenvalue weighted by molar-refractivity contribution is -0.384. The Morgan fingerprint density at radius 1 is 0.818 bits per heavy atom. The first-order valence-corrected chi connectivity index (χ1v) is 11.1. The highest BCUT2D eigenvalue weighted by molar-refractivity contribution is 5.89. The van der Waals surface area contributed by atoms with Gasteiger partial charge in [-0.1, -0.05) is 30.3 Å². The van der Waals surface area contributed by atoms with E-state index in [2.05, 4.69) is 10.2 Å². The van der Waals surface area contributed by atoms with Crippen molar-refractivity contribution in [1.82, 2.24) is 14.7 Å². The van der Waals surface area contributed by atoms with Gasteiger partial charge in [-0.25, -0.2) is 4.79 Å². The number of piperazine rings is 2. The maximum Gasteiger partial charge on any atom is 0.321 e. The van der Waals surface area contributed by atoms with E-state index in [1.807, 2.05) is 35.2 Å². The molecule has 0 saturated carbocycles. The summed E-state index contributed by atoms with van der Waals surface area (Å²) >= 11 is 0. The van der Waals surface area contributed by atoms with Crippen molar-refractivity contribution in [3.8, 4) is 0 Å². The van der Waals surface area contributed by atoms with Crippen LogP contribution in [0, 0.1) is 10.1 Å². The smallest absolute Gasteiger partial charge is 0.321 e. The van der Waals surface area contributed by atoms with E-state index in [9.17, 15) is 19.7 Å². The van der Waals surface area contributed by atoms with Gasteiger partial charge in [0.2, 0.25) is 5.91 Å². The highest BCUT2D eigenvalue weighted by Gasteiger charge is 2.28. The Balaban J connectivity index is 1.22. The van der Waals surface area contributed by atoms with Crippen LogP contribution in [0.4, 0.5) is 21.9 Å². The third-order valence-corrected chi connectivity index (χ3v) is 6.09. The van der Waals surface area contributed by atoms with Gasteiger partial charge in [0, 0.05) is 64.1 Å². The van der Waals surface area contributed by atoms with Gasteiger partial charge in [0.15, 0.2) is 0 Å². The number of urea groups is 1. The lowest BCUT2D eigenvalue weighted by Gasteiger charge is -2.38. The molecule has 2 aromatic carbocycles. The Labute approximate surface area is 192 Å². The Hall–Kier alpha value is -3.66. The predicted molar refractivity (Wildman–Crippen MR) is 125 cm³/mol. The maximum absolute atomic E-state index is 12.8. The van der Waals surface area contributed by atoms with Crippen molar-refractivity contribution < 1.29 is 14.5 Å². The molecule has 33 heavy (non-hydrogen) atoms. The van der Waals surface area contributed by atoms with E-state index in [1.165, 1.54) is 6.07 Å².